The molecule has 1 amide bonds. The van der Waals surface area contributed by atoms with Gasteiger partial charge in [-0.05, 0) is 30.0 Å². The van der Waals surface area contributed by atoms with Gasteiger partial charge < -0.3 is 5.32 Å². The third-order valence-electron chi connectivity index (χ3n) is 4.21. The Hall–Kier alpha value is -2.74. The van der Waals surface area contributed by atoms with E-state index in [9.17, 15) is 14.4 Å². The average molecular weight is 372 g/mol. The van der Waals surface area contributed by atoms with Crippen molar-refractivity contribution in [2.45, 2.75) is 32.4 Å². The Labute approximate surface area is 153 Å². The third kappa shape index (κ3) is 3.45. The Morgan fingerprint density at radius 3 is 2.77 bits per heavy atom. The van der Waals surface area contributed by atoms with E-state index in [1.54, 1.807) is 29.7 Å². The van der Waals surface area contributed by atoms with Crippen molar-refractivity contribution in [2.24, 2.45) is 7.05 Å². The van der Waals surface area contributed by atoms with Gasteiger partial charge >= 0.3 is 11.1 Å². The first-order valence-electron chi connectivity index (χ1n) is 8.40. The van der Waals surface area contributed by atoms with Gasteiger partial charge in [0.05, 0.1) is 11.6 Å². The third-order valence-corrected chi connectivity index (χ3v) is 5.19. The summed E-state index contributed by atoms with van der Waals surface area (Å²) in [5, 5.41) is 4.94. The van der Waals surface area contributed by atoms with Crippen molar-refractivity contribution in [3.63, 3.8) is 0 Å². The molecule has 0 unspecified atom stereocenters. The van der Waals surface area contributed by atoms with Crippen LogP contribution in [-0.2, 0) is 18.4 Å². The number of rotatable bonds is 6. The zero-order chi connectivity index (χ0) is 18.7. The van der Waals surface area contributed by atoms with Crippen molar-refractivity contribution in [3.8, 4) is 0 Å². The second-order valence-corrected chi connectivity index (χ2v) is 7.01. The van der Waals surface area contributed by atoms with Gasteiger partial charge in [0.25, 0.3) is 0 Å². The van der Waals surface area contributed by atoms with Crippen LogP contribution in [0, 0.1) is 0 Å². The fourth-order valence-electron chi connectivity index (χ4n) is 2.93. The van der Waals surface area contributed by atoms with E-state index in [-0.39, 0.29) is 18.5 Å². The largest absolute Gasteiger partial charge is 0.347 e. The SMILES string of the molecule is CCC[C@H](NC(=O)Cn1c(=O)c(=O)n(C)c2ncccc21)c1cccs1. The molecule has 0 radical (unpaired) electrons. The van der Waals surface area contributed by atoms with Crippen LogP contribution >= 0.6 is 11.3 Å². The molecule has 136 valence electrons. The van der Waals surface area contributed by atoms with Gasteiger partial charge in [-0.3, -0.25) is 23.5 Å². The molecule has 26 heavy (non-hydrogen) atoms. The molecule has 7 nitrogen and oxygen atoms in total. The van der Waals surface area contributed by atoms with Crippen molar-refractivity contribution in [1.82, 2.24) is 19.4 Å². The molecule has 0 aliphatic carbocycles. The first kappa shape index (κ1) is 18.1. The van der Waals surface area contributed by atoms with Crippen LogP contribution in [0.15, 0.2) is 45.4 Å². The number of nitrogens with zero attached hydrogens (tertiary/aromatic N) is 3. The molecule has 3 rings (SSSR count). The van der Waals surface area contributed by atoms with Gasteiger partial charge in [0, 0.05) is 18.1 Å². The molecule has 0 saturated heterocycles. The van der Waals surface area contributed by atoms with Crippen LogP contribution in [-0.4, -0.2) is 20.0 Å². The molecule has 1 N–H and O–H groups in total. The van der Waals surface area contributed by atoms with E-state index in [0.29, 0.717) is 11.2 Å². The normalized spacial score (nSPS) is 12.2. The molecule has 3 aromatic heterocycles. The monoisotopic (exact) mass is 372 g/mol. The van der Waals surface area contributed by atoms with Crippen LogP contribution in [0.5, 0.6) is 0 Å². The molecule has 0 spiro atoms. The maximum absolute atomic E-state index is 12.6. The number of aryl methyl sites for hydroxylation is 1. The number of amides is 1. The maximum Gasteiger partial charge on any atom is 0.317 e. The molecule has 3 aromatic rings. The van der Waals surface area contributed by atoms with E-state index in [4.69, 9.17) is 0 Å². The Balaban J connectivity index is 1.92. The summed E-state index contributed by atoms with van der Waals surface area (Å²) in [6, 6.07) is 7.18. The number of carbonyl (C=O) groups excluding carboxylic acids is 1. The maximum atomic E-state index is 12.6. The van der Waals surface area contributed by atoms with E-state index in [1.165, 1.54) is 16.2 Å². The van der Waals surface area contributed by atoms with Crippen molar-refractivity contribution in [1.29, 1.82) is 0 Å². The van der Waals surface area contributed by atoms with Crippen molar-refractivity contribution in [3.05, 3.63) is 61.4 Å². The van der Waals surface area contributed by atoms with Gasteiger partial charge in [-0.2, -0.15) is 0 Å². The molecule has 1 atom stereocenters. The van der Waals surface area contributed by atoms with Gasteiger partial charge in [-0.1, -0.05) is 19.4 Å². The number of hydrogen-bond acceptors (Lipinski definition) is 5. The first-order valence-corrected chi connectivity index (χ1v) is 9.28. The summed E-state index contributed by atoms with van der Waals surface area (Å²) >= 11 is 1.58. The van der Waals surface area contributed by atoms with Crippen LogP contribution in [0.3, 0.4) is 0 Å². The number of carbonyl (C=O) groups is 1. The zero-order valence-corrected chi connectivity index (χ0v) is 15.5. The predicted molar refractivity (Wildman–Crippen MR) is 101 cm³/mol. The van der Waals surface area contributed by atoms with Gasteiger partial charge in [-0.15, -0.1) is 11.3 Å². The molecule has 0 aliphatic heterocycles. The number of pyridine rings is 1. The summed E-state index contributed by atoms with van der Waals surface area (Å²) in [6.45, 7) is 1.83. The molecule has 3 heterocycles. The van der Waals surface area contributed by atoms with Crippen LogP contribution in [0.1, 0.15) is 30.7 Å². The molecule has 0 aliphatic rings. The van der Waals surface area contributed by atoms with Crippen LogP contribution < -0.4 is 16.4 Å². The lowest BCUT2D eigenvalue weighted by atomic mass is 10.1. The zero-order valence-electron chi connectivity index (χ0n) is 14.6. The van der Waals surface area contributed by atoms with Crippen molar-refractivity contribution < 1.29 is 4.79 Å². The van der Waals surface area contributed by atoms with E-state index >= 15 is 0 Å². The van der Waals surface area contributed by atoms with E-state index in [1.807, 2.05) is 17.5 Å². The predicted octanol–water partition coefficient (Wildman–Crippen LogP) is 1.81. The lowest BCUT2D eigenvalue weighted by Gasteiger charge is -2.18. The van der Waals surface area contributed by atoms with E-state index in [0.717, 1.165) is 17.7 Å². The topological polar surface area (TPSA) is 86.0 Å². The fraction of sp³-hybridized carbons (Fsp3) is 0.333. The number of aromatic nitrogens is 3. The molecule has 0 fully saturated rings. The molecule has 8 heteroatoms. The van der Waals surface area contributed by atoms with Gasteiger partial charge in [0.2, 0.25) is 5.91 Å². The second kappa shape index (κ2) is 7.65. The molecular formula is C18H20N4O3S. The summed E-state index contributed by atoms with van der Waals surface area (Å²) in [5.74, 6) is -0.308. The molecule has 0 aromatic carbocycles. The Morgan fingerprint density at radius 1 is 1.27 bits per heavy atom. The van der Waals surface area contributed by atoms with Gasteiger partial charge in [0.1, 0.15) is 6.54 Å². The number of hydrogen-bond donors (Lipinski definition) is 1. The highest BCUT2D eigenvalue weighted by molar-refractivity contribution is 7.10. The minimum Gasteiger partial charge on any atom is -0.347 e. The highest BCUT2D eigenvalue weighted by Crippen LogP contribution is 2.23. The number of fused-ring (bicyclic) bond motifs is 1. The van der Waals surface area contributed by atoms with Crippen molar-refractivity contribution >= 4 is 28.4 Å². The highest BCUT2D eigenvalue weighted by Gasteiger charge is 2.18. The number of nitrogens with one attached hydrogen (secondary N) is 1. The van der Waals surface area contributed by atoms with Crippen LogP contribution in [0.2, 0.25) is 0 Å². The Morgan fingerprint density at radius 2 is 2.08 bits per heavy atom. The Kier molecular flexibility index (Phi) is 5.32. The summed E-state index contributed by atoms with van der Waals surface area (Å²) in [4.78, 5) is 42.4. The second-order valence-electron chi connectivity index (χ2n) is 6.03. The molecular weight excluding hydrogens is 352 g/mol. The minimum absolute atomic E-state index is 0.0980. The summed E-state index contributed by atoms with van der Waals surface area (Å²) < 4.78 is 2.40. The lowest BCUT2D eigenvalue weighted by Crippen LogP contribution is -2.43. The van der Waals surface area contributed by atoms with Gasteiger partial charge in [-0.25, -0.2) is 4.98 Å². The highest BCUT2D eigenvalue weighted by atomic mass is 32.1. The molecule has 0 saturated carbocycles. The van der Waals surface area contributed by atoms with E-state index in [2.05, 4.69) is 17.2 Å². The summed E-state index contributed by atoms with van der Waals surface area (Å²) in [7, 11) is 1.50. The van der Waals surface area contributed by atoms with E-state index < -0.39 is 11.1 Å². The first-order chi connectivity index (χ1) is 12.5. The summed E-state index contributed by atoms with van der Waals surface area (Å²) in [6.07, 6.45) is 3.27. The minimum atomic E-state index is -0.730. The lowest BCUT2D eigenvalue weighted by molar-refractivity contribution is -0.122. The van der Waals surface area contributed by atoms with Crippen LogP contribution in [0.4, 0.5) is 0 Å². The van der Waals surface area contributed by atoms with Crippen LogP contribution in [0.25, 0.3) is 11.2 Å². The van der Waals surface area contributed by atoms with Crippen molar-refractivity contribution in [2.75, 3.05) is 0 Å². The van der Waals surface area contributed by atoms with Gasteiger partial charge in [0.15, 0.2) is 5.65 Å². The fourth-order valence-corrected chi connectivity index (χ4v) is 3.74. The number of thiophene rings is 1. The standard InChI is InChI=1S/C18H20N4O3S/c1-3-6-12(14-8-5-10-26-14)20-15(23)11-22-13-7-4-9-19-16(13)21(2)17(24)18(22)25/h4-5,7-10,12H,3,6,11H2,1-2H3,(H,20,23)/t12-/m0/s1. The smallest absolute Gasteiger partial charge is 0.317 e. The summed E-state index contributed by atoms with van der Waals surface area (Å²) in [5.41, 5.74) is -0.607. The quantitative estimate of drug-likeness (QED) is 0.669. The Bertz CT molecular complexity index is 1040. The molecule has 0 bridgehead atoms. The average Bonchev–Trinajstić information content (AvgIpc) is 3.18.